The van der Waals surface area contributed by atoms with E-state index in [1.54, 1.807) is 19.2 Å². The molecule has 4 N–H and O–H groups in total. The largest absolute Gasteiger partial charge is 0.465 e. The van der Waals surface area contributed by atoms with Crippen molar-refractivity contribution < 1.29 is 14.6 Å². The van der Waals surface area contributed by atoms with Crippen LogP contribution in [0.25, 0.3) is 5.65 Å². The summed E-state index contributed by atoms with van der Waals surface area (Å²) in [6.45, 7) is 2.16. The van der Waals surface area contributed by atoms with Crippen LogP contribution in [0.3, 0.4) is 0 Å². The van der Waals surface area contributed by atoms with Gasteiger partial charge in [0.05, 0.1) is 59.5 Å². The van der Waals surface area contributed by atoms with Gasteiger partial charge in [0.25, 0.3) is 0 Å². The Hall–Kier alpha value is -4.37. The lowest BCUT2D eigenvalue weighted by Gasteiger charge is -2.45. The molecule has 2 aliphatic heterocycles. The number of nitrogens with zero attached hydrogens (tertiary/aromatic N) is 8. The standard InChI is InChI=1S/C26H28ClN11O3/c1-36(26(39)40)20-4-5-37(11-19(20)31-16-12-41-13-16)21-7-14(8-28)6-18(22(21)27)33-25-34-23(32-15-2-3-15)24-30-10-17(9-29)38(24)35-25/h6-7,10,15-16,19-20,31H,2-5,11-13H2,1H3,(H,39,40)(H2,32,33,34,35)/t19-,20+/m1/s1. The normalized spacial score (nSPS) is 20.6. The average molecular weight is 578 g/mol. The summed E-state index contributed by atoms with van der Waals surface area (Å²) in [7, 11) is 1.58. The minimum Gasteiger partial charge on any atom is -0.465 e. The van der Waals surface area contributed by atoms with Crippen molar-refractivity contribution in [2.45, 2.75) is 43.4 Å². The van der Waals surface area contributed by atoms with Gasteiger partial charge in [-0.2, -0.15) is 20.0 Å². The molecule has 1 amide bonds. The Morgan fingerprint density at radius 3 is 2.68 bits per heavy atom. The Morgan fingerprint density at radius 1 is 1.22 bits per heavy atom. The first-order valence-corrected chi connectivity index (χ1v) is 13.7. The highest BCUT2D eigenvalue weighted by Crippen LogP contribution is 2.38. The van der Waals surface area contributed by atoms with Gasteiger partial charge in [-0.15, -0.1) is 5.10 Å². The van der Waals surface area contributed by atoms with Crippen LogP contribution in [0.4, 0.5) is 27.9 Å². The number of likely N-dealkylation sites (N-methyl/N-ethyl adjacent to an activating group) is 1. The number of amides is 1. The number of carbonyl (C=O) groups is 1. The van der Waals surface area contributed by atoms with Crippen molar-refractivity contribution in [3.05, 3.63) is 34.6 Å². The SMILES string of the molecule is CN(C(=O)O)[C@H]1CCN(c2cc(C#N)cc(Nc3nc(NC4CC4)c4ncc(C#N)n4n3)c2Cl)C[C@H]1NC1COC1. The Labute approximate surface area is 240 Å². The van der Waals surface area contributed by atoms with Crippen LogP contribution in [0, 0.1) is 22.7 Å². The summed E-state index contributed by atoms with van der Waals surface area (Å²) in [6, 6.07) is 7.66. The van der Waals surface area contributed by atoms with Gasteiger partial charge in [0.1, 0.15) is 6.07 Å². The van der Waals surface area contributed by atoms with Crippen LogP contribution in [0.5, 0.6) is 0 Å². The molecule has 1 saturated carbocycles. The number of halogens is 1. The maximum Gasteiger partial charge on any atom is 0.407 e. The highest BCUT2D eigenvalue weighted by atomic mass is 35.5. The number of hydrogen-bond donors (Lipinski definition) is 4. The highest BCUT2D eigenvalue weighted by molar-refractivity contribution is 6.36. The zero-order chi connectivity index (χ0) is 28.7. The summed E-state index contributed by atoms with van der Waals surface area (Å²) in [5.74, 6) is 0.683. The number of aromatic nitrogens is 4. The molecule has 2 atom stereocenters. The van der Waals surface area contributed by atoms with Crippen molar-refractivity contribution in [3.63, 3.8) is 0 Å². The Bertz CT molecular complexity index is 1570. The zero-order valence-corrected chi connectivity index (χ0v) is 23.0. The predicted molar refractivity (Wildman–Crippen MR) is 150 cm³/mol. The molecule has 1 aromatic carbocycles. The number of carboxylic acid groups (broad SMARTS) is 1. The molecule has 1 aliphatic carbocycles. The molecule has 14 nitrogen and oxygen atoms in total. The van der Waals surface area contributed by atoms with Crippen LogP contribution < -0.4 is 20.9 Å². The van der Waals surface area contributed by atoms with E-state index in [1.165, 1.54) is 15.6 Å². The number of anilines is 4. The number of nitriles is 2. The number of fused-ring (bicyclic) bond motifs is 1. The van der Waals surface area contributed by atoms with Crippen molar-refractivity contribution in [3.8, 4) is 12.1 Å². The van der Waals surface area contributed by atoms with Gasteiger partial charge in [-0.05, 0) is 31.4 Å². The number of rotatable bonds is 8. The zero-order valence-electron chi connectivity index (χ0n) is 22.2. The van der Waals surface area contributed by atoms with Gasteiger partial charge in [0.15, 0.2) is 17.2 Å². The quantitative estimate of drug-likeness (QED) is 0.307. The van der Waals surface area contributed by atoms with E-state index in [4.69, 9.17) is 16.3 Å². The number of nitrogens with one attached hydrogen (secondary N) is 3. The second kappa shape index (κ2) is 10.9. The van der Waals surface area contributed by atoms with Gasteiger partial charge in [0, 0.05) is 32.2 Å². The van der Waals surface area contributed by atoms with Crippen LogP contribution in [0.2, 0.25) is 5.02 Å². The third kappa shape index (κ3) is 5.37. The van der Waals surface area contributed by atoms with Crippen molar-refractivity contribution in [2.24, 2.45) is 0 Å². The monoisotopic (exact) mass is 577 g/mol. The van der Waals surface area contributed by atoms with Gasteiger partial charge < -0.3 is 35.6 Å². The molecular weight excluding hydrogens is 550 g/mol. The minimum atomic E-state index is -0.985. The van der Waals surface area contributed by atoms with E-state index in [9.17, 15) is 20.4 Å². The van der Waals surface area contributed by atoms with Gasteiger partial charge in [-0.1, -0.05) is 11.6 Å². The Kier molecular flexibility index (Phi) is 7.13. The first-order chi connectivity index (χ1) is 19.8. The molecule has 6 rings (SSSR count). The summed E-state index contributed by atoms with van der Waals surface area (Å²) >= 11 is 6.95. The predicted octanol–water partition coefficient (Wildman–Crippen LogP) is 2.38. The van der Waals surface area contributed by atoms with E-state index < -0.39 is 6.09 Å². The molecule has 2 aromatic heterocycles. The van der Waals surface area contributed by atoms with Gasteiger partial charge >= 0.3 is 6.09 Å². The summed E-state index contributed by atoms with van der Waals surface area (Å²) < 4.78 is 6.73. The molecule has 3 aliphatic rings. The van der Waals surface area contributed by atoms with Crippen molar-refractivity contribution in [1.82, 2.24) is 29.8 Å². The van der Waals surface area contributed by atoms with Crippen LogP contribution in [-0.4, -0.2) is 93.2 Å². The van der Waals surface area contributed by atoms with Crippen LogP contribution in [-0.2, 0) is 4.74 Å². The molecule has 0 radical (unpaired) electrons. The molecule has 3 fully saturated rings. The Morgan fingerprint density at radius 2 is 2.02 bits per heavy atom. The molecule has 0 spiro atoms. The van der Waals surface area contributed by atoms with Crippen molar-refractivity contribution >= 4 is 46.5 Å². The smallest absolute Gasteiger partial charge is 0.407 e. The van der Waals surface area contributed by atoms with Crippen molar-refractivity contribution in [2.75, 3.05) is 48.9 Å². The van der Waals surface area contributed by atoms with E-state index >= 15 is 0 Å². The fourth-order valence-electron chi connectivity index (χ4n) is 5.21. The third-order valence-electron chi connectivity index (χ3n) is 7.63. The fraction of sp³-hybridized carbons (Fsp3) is 0.462. The number of imidazole rings is 1. The van der Waals surface area contributed by atoms with Gasteiger partial charge in [-0.3, -0.25) is 0 Å². The molecule has 15 heteroatoms. The molecular formula is C26H28ClN11O3. The molecule has 2 saturated heterocycles. The fourth-order valence-corrected chi connectivity index (χ4v) is 5.48. The lowest BCUT2D eigenvalue weighted by atomic mass is 9.96. The third-order valence-corrected chi connectivity index (χ3v) is 8.03. The van der Waals surface area contributed by atoms with Crippen LogP contribution in [0.15, 0.2) is 18.3 Å². The summed E-state index contributed by atoms with van der Waals surface area (Å²) in [5, 5.41) is 43.9. The van der Waals surface area contributed by atoms with Crippen molar-refractivity contribution in [1.29, 1.82) is 10.5 Å². The lowest BCUT2D eigenvalue weighted by molar-refractivity contribution is -0.0155. The molecule has 212 valence electrons. The molecule has 0 bridgehead atoms. The maximum absolute atomic E-state index is 11.8. The lowest BCUT2D eigenvalue weighted by Crippen LogP contribution is -2.64. The minimum absolute atomic E-state index is 0.148. The van der Waals surface area contributed by atoms with Crippen LogP contribution in [0.1, 0.15) is 30.5 Å². The second-order valence-electron chi connectivity index (χ2n) is 10.5. The maximum atomic E-state index is 11.8. The van der Waals surface area contributed by atoms with E-state index in [0.717, 1.165) is 12.8 Å². The van der Waals surface area contributed by atoms with E-state index in [1.807, 2.05) is 0 Å². The first-order valence-electron chi connectivity index (χ1n) is 13.3. The Balaban J connectivity index is 1.32. The first kappa shape index (κ1) is 26.8. The number of piperidine rings is 1. The van der Waals surface area contributed by atoms with Crippen LogP contribution >= 0.6 is 11.6 Å². The van der Waals surface area contributed by atoms with E-state index in [0.29, 0.717) is 66.1 Å². The van der Waals surface area contributed by atoms with Gasteiger partial charge in [-0.25, -0.2) is 9.78 Å². The average Bonchev–Trinajstić information content (AvgIpc) is 3.67. The number of benzene rings is 1. The van der Waals surface area contributed by atoms with E-state index in [2.05, 4.69) is 48.1 Å². The molecule has 41 heavy (non-hydrogen) atoms. The molecule has 4 heterocycles. The summed E-state index contributed by atoms with van der Waals surface area (Å²) in [6.07, 6.45) is 3.07. The van der Waals surface area contributed by atoms with Gasteiger partial charge in [0.2, 0.25) is 5.95 Å². The number of ether oxygens (including phenoxy) is 1. The molecule has 3 aromatic rings. The molecule has 0 unspecified atom stereocenters. The highest BCUT2D eigenvalue weighted by Gasteiger charge is 2.37. The number of hydrogen-bond acceptors (Lipinski definition) is 11. The second-order valence-corrected chi connectivity index (χ2v) is 10.9. The van der Waals surface area contributed by atoms with E-state index in [-0.39, 0.29) is 35.8 Å². The topological polar surface area (TPSA) is 180 Å². The summed E-state index contributed by atoms with van der Waals surface area (Å²) in [5.41, 5.74) is 2.15. The summed E-state index contributed by atoms with van der Waals surface area (Å²) in [4.78, 5) is 24.1.